The van der Waals surface area contributed by atoms with Gasteiger partial charge in [-0.1, -0.05) is 6.07 Å². The Morgan fingerprint density at radius 2 is 2.00 bits per heavy atom. The summed E-state index contributed by atoms with van der Waals surface area (Å²) in [6.07, 6.45) is 5.11. The lowest BCUT2D eigenvalue weighted by atomic mass is 10.1. The average molecular weight is 361 g/mol. The molecule has 7 nitrogen and oxygen atoms in total. The third kappa shape index (κ3) is 2.95. The first kappa shape index (κ1) is 16.3. The Kier molecular flexibility index (Phi) is 3.68. The molecule has 0 N–H and O–H groups in total. The molecular weight excluding hydrogens is 342 g/mol. The Morgan fingerprint density at radius 1 is 1.24 bits per heavy atom. The summed E-state index contributed by atoms with van der Waals surface area (Å²) < 4.78 is 25.0. The van der Waals surface area contributed by atoms with Gasteiger partial charge in [-0.2, -0.15) is 0 Å². The Bertz CT molecular complexity index is 1020. The van der Waals surface area contributed by atoms with Gasteiger partial charge in [0.05, 0.1) is 11.5 Å². The zero-order chi connectivity index (χ0) is 17.8. The molecule has 2 fully saturated rings. The molecule has 1 amide bonds. The minimum absolute atomic E-state index is 0.000650. The van der Waals surface area contributed by atoms with Crippen molar-refractivity contribution in [2.75, 3.05) is 11.5 Å². The number of fused-ring (bicyclic) bond motifs is 1. The minimum Gasteiger partial charge on any atom is -0.331 e. The van der Waals surface area contributed by atoms with Crippen molar-refractivity contribution >= 4 is 21.4 Å². The number of hydrogen-bond acceptors (Lipinski definition) is 5. The van der Waals surface area contributed by atoms with E-state index in [4.69, 9.17) is 0 Å². The number of hydrogen-bond donors (Lipinski definition) is 0. The lowest BCUT2D eigenvalue weighted by molar-refractivity contribution is 0.0678. The van der Waals surface area contributed by atoms with Crippen molar-refractivity contribution in [3.05, 3.63) is 46.0 Å². The number of aromatic nitrogens is 2. The molecule has 8 heteroatoms. The van der Waals surface area contributed by atoms with Gasteiger partial charge in [0.1, 0.15) is 11.2 Å². The Balaban J connectivity index is 1.75. The van der Waals surface area contributed by atoms with E-state index in [1.54, 1.807) is 17.2 Å². The molecule has 1 saturated carbocycles. The standard InChI is InChI=1S/C17H19N3O4S/c1-11-2-5-15-18-8-14(16(21)19(15)9-11)17(22)20(12-3-4-12)13-6-7-25(23,24)10-13/h2,5,8-9,12-13H,3-4,6-7,10H2,1H3. The second-order valence-electron chi connectivity index (χ2n) is 6.91. The van der Waals surface area contributed by atoms with Crippen LogP contribution in [0.1, 0.15) is 35.2 Å². The van der Waals surface area contributed by atoms with Gasteiger partial charge in [-0.15, -0.1) is 0 Å². The summed E-state index contributed by atoms with van der Waals surface area (Å²) in [6, 6.07) is 3.27. The summed E-state index contributed by atoms with van der Waals surface area (Å²) in [7, 11) is -3.11. The van der Waals surface area contributed by atoms with E-state index in [9.17, 15) is 18.0 Å². The molecule has 1 unspecified atom stereocenters. The maximum atomic E-state index is 13.1. The SMILES string of the molecule is Cc1ccc2ncc(C(=O)N(C3CC3)C3CCS(=O)(=O)C3)c(=O)n2c1. The Hall–Kier alpha value is -2.22. The van der Waals surface area contributed by atoms with Crippen LogP contribution in [-0.2, 0) is 9.84 Å². The van der Waals surface area contributed by atoms with E-state index in [0.717, 1.165) is 18.4 Å². The summed E-state index contributed by atoms with van der Waals surface area (Å²) in [5.74, 6) is -0.322. The fourth-order valence-electron chi connectivity index (χ4n) is 3.45. The smallest absolute Gasteiger partial charge is 0.270 e. The van der Waals surface area contributed by atoms with E-state index < -0.39 is 21.3 Å². The van der Waals surface area contributed by atoms with Crippen molar-refractivity contribution in [2.45, 2.75) is 38.3 Å². The van der Waals surface area contributed by atoms with Gasteiger partial charge in [-0.3, -0.25) is 14.0 Å². The number of carbonyl (C=O) groups excluding carboxylic acids is 1. The van der Waals surface area contributed by atoms with Crippen molar-refractivity contribution in [1.29, 1.82) is 0 Å². The third-order valence-electron chi connectivity index (χ3n) is 4.86. The maximum Gasteiger partial charge on any atom is 0.270 e. The van der Waals surface area contributed by atoms with Crippen molar-refractivity contribution in [1.82, 2.24) is 14.3 Å². The number of rotatable bonds is 3. The highest BCUT2D eigenvalue weighted by Gasteiger charge is 2.43. The van der Waals surface area contributed by atoms with Crippen molar-refractivity contribution in [2.24, 2.45) is 0 Å². The number of sulfone groups is 1. The summed E-state index contributed by atoms with van der Waals surface area (Å²) in [4.78, 5) is 31.7. The molecule has 2 aliphatic rings. The first-order valence-corrected chi connectivity index (χ1v) is 10.2. The molecule has 3 heterocycles. The number of amides is 1. The molecule has 132 valence electrons. The zero-order valence-corrected chi connectivity index (χ0v) is 14.7. The number of carbonyl (C=O) groups is 1. The lowest BCUT2D eigenvalue weighted by Crippen LogP contribution is -2.45. The molecule has 2 aromatic heterocycles. The Morgan fingerprint density at radius 3 is 2.64 bits per heavy atom. The van der Waals surface area contributed by atoms with Crippen molar-refractivity contribution in [3.63, 3.8) is 0 Å². The number of pyridine rings is 1. The first-order chi connectivity index (χ1) is 11.9. The van der Waals surface area contributed by atoms with Crippen LogP contribution in [0.2, 0.25) is 0 Å². The molecule has 1 aliphatic carbocycles. The molecule has 4 rings (SSSR count). The molecule has 0 aromatic carbocycles. The van der Waals surface area contributed by atoms with Gasteiger partial charge < -0.3 is 4.90 Å². The predicted octanol–water partition coefficient (Wildman–Crippen LogP) is 0.795. The van der Waals surface area contributed by atoms with Crippen molar-refractivity contribution < 1.29 is 13.2 Å². The normalized spacial score (nSPS) is 22.2. The second kappa shape index (κ2) is 5.66. The quantitative estimate of drug-likeness (QED) is 0.807. The summed E-state index contributed by atoms with van der Waals surface area (Å²) in [5.41, 5.74) is 0.958. The van der Waals surface area contributed by atoms with Crippen LogP contribution in [0.5, 0.6) is 0 Å². The molecule has 0 bridgehead atoms. The fraction of sp³-hybridized carbons (Fsp3) is 0.471. The maximum absolute atomic E-state index is 13.1. The Labute approximate surface area is 145 Å². The van der Waals surface area contributed by atoms with E-state index >= 15 is 0 Å². The predicted molar refractivity (Wildman–Crippen MR) is 92.4 cm³/mol. The molecule has 0 radical (unpaired) electrons. The molecule has 2 aromatic rings. The van der Waals surface area contributed by atoms with E-state index in [0.29, 0.717) is 12.1 Å². The largest absolute Gasteiger partial charge is 0.331 e. The monoisotopic (exact) mass is 361 g/mol. The van der Waals surface area contributed by atoms with Crippen LogP contribution in [0.25, 0.3) is 5.65 Å². The molecular formula is C17H19N3O4S. The average Bonchev–Trinajstić information content (AvgIpc) is 3.32. The molecule has 1 aliphatic heterocycles. The van der Waals surface area contributed by atoms with Gasteiger partial charge in [0.25, 0.3) is 11.5 Å². The third-order valence-corrected chi connectivity index (χ3v) is 6.61. The van der Waals surface area contributed by atoms with Crippen LogP contribution in [0, 0.1) is 6.92 Å². The second-order valence-corrected chi connectivity index (χ2v) is 9.14. The first-order valence-electron chi connectivity index (χ1n) is 8.37. The highest BCUT2D eigenvalue weighted by atomic mass is 32.2. The van der Waals surface area contributed by atoms with Crippen LogP contribution in [0.4, 0.5) is 0 Å². The van der Waals surface area contributed by atoms with Crippen LogP contribution in [-0.4, -0.2) is 52.2 Å². The highest BCUT2D eigenvalue weighted by Crippen LogP contribution is 2.33. The van der Waals surface area contributed by atoms with E-state index in [1.807, 2.05) is 13.0 Å². The van der Waals surface area contributed by atoms with Gasteiger partial charge in [-0.25, -0.2) is 13.4 Å². The summed E-state index contributed by atoms with van der Waals surface area (Å²) in [5, 5.41) is 0. The van der Waals surface area contributed by atoms with Gasteiger partial charge in [0.2, 0.25) is 0 Å². The molecule has 25 heavy (non-hydrogen) atoms. The van der Waals surface area contributed by atoms with Gasteiger partial charge >= 0.3 is 0 Å². The molecule has 1 atom stereocenters. The van der Waals surface area contributed by atoms with Crippen LogP contribution >= 0.6 is 0 Å². The van der Waals surface area contributed by atoms with E-state index in [2.05, 4.69) is 4.98 Å². The molecule has 0 spiro atoms. The zero-order valence-electron chi connectivity index (χ0n) is 13.9. The van der Waals surface area contributed by atoms with E-state index in [1.165, 1.54) is 10.6 Å². The van der Waals surface area contributed by atoms with Gasteiger partial charge in [0, 0.05) is 24.5 Å². The number of aryl methyl sites for hydroxylation is 1. The van der Waals surface area contributed by atoms with Crippen LogP contribution < -0.4 is 5.56 Å². The minimum atomic E-state index is -3.11. The number of nitrogens with zero attached hydrogens (tertiary/aromatic N) is 3. The van der Waals surface area contributed by atoms with Gasteiger partial charge in [0.15, 0.2) is 9.84 Å². The van der Waals surface area contributed by atoms with Gasteiger partial charge in [-0.05, 0) is 37.8 Å². The van der Waals surface area contributed by atoms with Crippen LogP contribution in [0.15, 0.2) is 29.3 Å². The highest BCUT2D eigenvalue weighted by molar-refractivity contribution is 7.91. The summed E-state index contributed by atoms with van der Waals surface area (Å²) in [6.45, 7) is 1.86. The lowest BCUT2D eigenvalue weighted by Gasteiger charge is -2.28. The summed E-state index contributed by atoms with van der Waals surface area (Å²) >= 11 is 0. The van der Waals surface area contributed by atoms with E-state index in [-0.39, 0.29) is 29.2 Å². The van der Waals surface area contributed by atoms with Crippen molar-refractivity contribution in [3.8, 4) is 0 Å². The fourth-order valence-corrected chi connectivity index (χ4v) is 5.16. The topological polar surface area (TPSA) is 88.8 Å². The van der Waals surface area contributed by atoms with Crippen LogP contribution in [0.3, 0.4) is 0 Å². The molecule has 1 saturated heterocycles.